The number of sulfonamides is 1. The van der Waals surface area contributed by atoms with E-state index in [1.807, 2.05) is 30.1 Å². The molecule has 0 amide bonds. The number of hydrogen-bond donors (Lipinski definition) is 1. The van der Waals surface area contributed by atoms with E-state index in [4.69, 9.17) is 9.88 Å². The van der Waals surface area contributed by atoms with Crippen LogP contribution >= 0.6 is 0 Å². The zero-order valence-corrected chi connectivity index (χ0v) is 14.9. The van der Waals surface area contributed by atoms with Crippen LogP contribution in [0.3, 0.4) is 0 Å². The fourth-order valence-electron chi connectivity index (χ4n) is 2.67. The van der Waals surface area contributed by atoms with Crippen molar-refractivity contribution < 1.29 is 18.1 Å². The van der Waals surface area contributed by atoms with E-state index in [9.17, 15) is 8.42 Å². The first-order valence-electron chi connectivity index (χ1n) is 7.69. The molecule has 0 saturated carbocycles. The van der Waals surface area contributed by atoms with Crippen molar-refractivity contribution in [3.63, 3.8) is 0 Å². The molecule has 1 heterocycles. The molecular formula is C18H20N3O3S+. The number of pyridine rings is 1. The lowest BCUT2D eigenvalue weighted by atomic mass is 10.1. The molecular weight excluding hydrogens is 338 g/mol. The fraction of sp³-hybridized carbons (Fsp3) is 0.167. The number of hydrogen-bond acceptors (Lipinski definition) is 4. The van der Waals surface area contributed by atoms with Crippen LogP contribution in [0, 0.1) is 0 Å². The summed E-state index contributed by atoms with van der Waals surface area (Å²) in [5.74, 6) is 1.63. The van der Waals surface area contributed by atoms with Gasteiger partial charge in [0.1, 0.15) is 23.4 Å². The van der Waals surface area contributed by atoms with Crippen molar-refractivity contribution in [1.29, 1.82) is 0 Å². The highest BCUT2D eigenvalue weighted by Crippen LogP contribution is 2.22. The highest BCUT2D eigenvalue weighted by Gasteiger charge is 2.14. The topological polar surface area (TPSA) is 86.8 Å². The number of primary sulfonamides is 1. The van der Waals surface area contributed by atoms with Crippen LogP contribution in [0.15, 0.2) is 59.6 Å². The Morgan fingerprint density at radius 1 is 1.08 bits per heavy atom. The molecule has 0 atom stereocenters. The third kappa shape index (κ3) is 3.89. The second-order valence-corrected chi connectivity index (χ2v) is 7.42. The van der Waals surface area contributed by atoms with Crippen molar-refractivity contribution in [1.82, 2.24) is 0 Å². The number of benzene rings is 2. The summed E-state index contributed by atoms with van der Waals surface area (Å²) in [5.41, 5.74) is 1.14. The molecule has 3 rings (SSSR count). The smallest absolute Gasteiger partial charge is 0.274 e. The third-order valence-corrected chi connectivity index (χ3v) is 4.95. The summed E-state index contributed by atoms with van der Waals surface area (Å²) in [6.07, 6.45) is 1.40. The Morgan fingerprint density at radius 3 is 2.44 bits per heavy atom. The number of aromatic nitrogens is 1. The maximum absolute atomic E-state index is 11.3. The van der Waals surface area contributed by atoms with Gasteiger partial charge in [0.15, 0.2) is 0 Å². The van der Waals surface area contributed by atoms with E-state index < -0.39 is 10.0 Å². The zero-order valence-electron chi connectivity index (χ0n) is 14.1. The Kier molecular flexibility index (Phi) is 4.61. The highest BCUT2D eigenvalue weighted by atomic mass is 32.2. The Hall–Kier alpha value is -2.64. The van der Waals surface area contributed by atoms with E-state index in [1.54, 1.807) is 13.2 Å². The fourth-order valence-corrected chi connectivity index (χ4v) is 3.16. The van der Waals surface area contributed by atoms with Crippen LogP contribution in [0.4, 0.5) is 5.82 Å². The average Bonchev–Trinajstić information content (AvgIpc) is 2.60. The molecule has 3 N–H and O–H groups in total. The van der Waals surface area contributed by atoms with Crippen molar-refractivity contribution in [2.24, 2.45) is 5.14 Å². The minimum atomic E-state index is -3.69. The molecule has 0 aliphatic rings. The van der Waals surface area contributed by atoms with E-state index in [-0.39, 0.29) is 4.90 Å². The van der Waals surface area contributed by atoms with E-state index in [0.29, 0.717) is 6.54 Å². The lowest BCUT2D eigenvalue weighted by Crippen LogP contribution is -2.25. The molecule has 0 bridgehead atoms. The first-order chi connectivity index (χ1) is 11.9. The van der Waals surface area contributed by atoms with E-state index >= 15 is 0 Å². The molecule has 25 heavy (non-hydrogen) atoms. The molecule has 7 heteroatoms. The molecule has 0 fully saturated rings. The Labute approximate surface area is 146 Å². The molecule has 2 aromatic carbocycles. The molecule has 1 aromatic heterocycles. The lowest BCUT2D eigenvalue weighted by Gasteiger charge is -2.12. The van der Waals surface area contributed by atoms with Gasteiger partial charge in [0.2, 0.25) is 10.0 Å². The molecule has 130 valence electrons. The molecule has 0 radical (unpaired) electrons. The quantitative estimate of drug-likeness (QED) is 0.755. The number of H-pyrrole nitrogens is 1. The molecule has 0 saturated heterocycles. The predicted molar refractivity (Wildman–Crippen MR) is 97.0 cm³/mol. The summed E-state index contributed by atoms with van der Waals surface area (Å²) < 4.78 is 27.9. The van der Waals surface area contributed by atoms with E-state index in [0.717, 1.165) is 27.9 Å². The first-order valence-corrected chi connectivity index (χ1v) is 9.24. The number of ether oxygens (including phenoxy) is 1. The number of anilines is 1. The highest BCUT2D eigenvalue weighted by molar-refractivity contribution is 7.89. The third-order valence-electron chi connectivity index (χ3n) is 4.04. The Balaban J connectivity index is 1.80. The van der Waals surface area contributed by atoms with Crippen LogP contribution in [0.2, 0.25) is 0 Å². The van der Waals surface area contributed by atoms with Crippen molar-refractivity contribution in [3.05, 3.63) is 60.3 Å². The minimum Gasteiger partial charge on any atom is -0.497 e. The Morgan fingerprint density at radius 2 is 1.80 bits per heavy atom. The van der Waals surface area contributed by atoms with E-state index in [1.165, 1.54) is 12.3 Å². The van der Waals surface area contributed by atoms with Gasteiger partial charge < -0.3 is 4.74 Å². The van der Waals surface area contributed by atoms with Gasteiger partial charge in [0, 0.05) is 6.07 Å². The van der Waals surface area contributed by atoms with Gasteiger partial charge in [-0.05, 0) is 40.6 Å². The normalized spacial score (nSPS) is 11.5. The zero-order chi connectivity index (χ0) is 18.0. The summed E-state index contributed by atoms with van der Waals surface area (Å²) in [6, 6.07) is 15.4. The van der Waals surface area contributed by atoms with Gasteiger partial charge in [-0.2, -0.15) is 0 Å². The number of nitrogens with two attached hydrogens (primary N) is 1. The van der Waals surface area contributed by atoms with Gasteiger partial charge >= 0.3 is 0 Å². The van der Waals surface area contributed by atoms with Crippen molar-refractivity contribution in [2.45, 2.75) is 11.4 Å². The van der Waals surface area contributed by atoms with Crippen molar-refractivity contribution in [3.8, 4) is 5.75 Å². The second kappa shape index (κ2) is 6.70. The van der Waals surface area contributed by atoms with Crippen LogP contribution in [0.25, 0.3) is 10.8 Å². The maximum Gasteiger partial charge on any atom is 0.274 e. The van der Waals surface area contributed by atoms with Gasteiger partial charge in [0.05, 0.1) is 14.2 Å². The van der Waals surface area contributed by atoms with Crippen molar-refractivity contribution >= 4 is 26.6 Å². The number of methoxy groups -OCH3 is 1. The summed E-state index contributed by atoms with van der Waals surface area (Å²) in [7, 11) is -0.108. The minimum absolute atomic E-state index is 0.0595. The van der Waals surface area contributed by atoms with Crippen LogP contribution in [-0.2, 0) is 16.6 Å². The standard InChI is InChI=1S/C18H19N3O3S/c1-21(18-8-7-17(11-20-18)25(19,22)23)12-13-3-4-15-10-16(24-2)6-5-14(15)9-13/h3-11H,12H2,1-2H3,(H2,19,22,23)/p+1. The van der Waals surface area contributed by atoms with Gasteiger partial charge in [0.25, 0.3) is 5.82 Å². The number of rotatable bonds is 5. The molecule has 3 aromatic rings. The molecule has 0 spiro atoms. The SMILES string of the molecule is COc1ccc2cc(CN(C)c3ccc(S(N)(=O)=O)c[nH+]3)ccc2c1. The van der Waals surface area contributed by atoms with Crippen LogP contribution in [0.1, 0.15) is 5.56 Å². The predicted octanol–water partition coefficient (Wildman–Crippen LogP) is 1.95. The van der Waals surface area contributed by atoms with Crippen molar-refractivity contribution in [2.75, 3.05) is 19.1 Å². The van der Waals surface area contributed by atoms with Gasteiger partial charge in [-0.1, -0.05) is 18.2 Å². The average molecular weight is 358 g/mol. The molecule has 0 aliphatic carbocycles. The first kappa shape index (κ1) is 17.2. The van der Waals surface area contributed by atoms with Crippen LogP contribution in [0.5, 0.6) is 5.75 Å². The van der Waals surface area contributed by atoms with Gasteiger partial charge in [-0.25, -0.2) is 18.5 Å². The van der Waals surface area contributed by atoms with Crippen LogP contribution in [-0.4, -0.2) is 22.6 Å². The monoisotopic (exact) mass is 358 g/mol. The second-order valence-electron chi connectivity index (χ2n) is 5.86. The summed E-state index contributed by atoms with van der Waals surface area (Å²) in [4.78, 5) is 5.02. The molecule has 0 unspecified atom stereocenters. The lowest BCUT2D eigenvalue weighted by molar-refractivity contribution is -0.367. The maximum atomic E-state index is 11.3. The number of aromatic amines is 1. The number of fused-ring (bicyclic) bond motifs is 1. The van der Waals surface area contributed by atoms with E-state index in [2.05, 4.69) is 23.2 Å². The summed E-state index contributed by atoms with van der Waals surface area (Å²) in [6.45, 7) is 0.674. The Bertz CT molecular complexity index is 1000. The van der Waals surface area contributed by atoms with Crippen LogP contribution < -0.4 is 19.8 Å². The summed E-state index contributed by atoms with van der Waals surface area (Å²) in [5, 5.41) is 7.37. The van der Waals surface area contributed by atoms with Gasteiger partial charge in [-0.3, -0.25) is 4.90 Å². The number of nitrogens with zero attached hydrogens (tertiary/aromatic N) is 1. The van der Waals surface area contributed by atoms with Gasteiger partial charge in [-0.15, -0.1) is 0 Å². The molecule has 6 nitrogen and oxygen atoms in total. The largest absolute Gasteiger partial charge is 0.497 e. The molecule has 0 aliphatic heterocycles. The summed E-state index contributed by atoms with van der Waals surface area (Å²) >= 11 is 0. The number of nitrogens with one attached hydrogen (secondary N) is 1.